The summed E-state index contributed by atoms with van der Waals surface area (Å²) in [6.45, 7) is 4.25. The van der Waals surface area contributed by atoms with Crippen LogP contribution in [0.1, 0.15) is 35.1 Å². The third kappa shape index (κ3) is 1.64. The number of aryl methyl sites for hydroxylation is 1. The second-order valence-corrected chi connectivity index (χ2v) is 6.28. The first kappa shape index (κ1) is 12.1. The molecule has 2 atom stereocenters. The Labute approximate surface area is 119 Å². The first-order chi connectivity index (χ1) is 9.63. The number of nitrogens with zero attached hydrogens (tertiary/aromatic N) is 3. The average molecular weight is 268 g/mol. The number of nitrogens with one attached hydrogen (secondary N) is 1. The smallest absolute Gasteiger partial charge is 0.150 e. The van der Waals surface area contributed by atoms with E-state index in [4.69, 9.17) is 9.97 Å². The molecule has 4 heteroatoms. The fourth-order valence-electron chi connectivity index (χ4n) is 3.76. The van der Waals surface area contributed by atoms with Gasteiger partial charge in [-0.05, 0) is 48.4 Å². The Bertz CT molecular complexity index is 692. The zero-order chi connectivity index (χ0) is 13.9. The normalized spacial score (nSPS) is 23.9. The highest BCUT2D eigenvalue weighted by Crippen LogP contribution is 2.44. The molecule has 0 amide bonds. The monoisotopic (exact) mass is 268 g/mol. The van der Waals surface area contributed by atoms with Gasteiger partial charge in [0.25, 0.3) is 0 Å². The molecule has 2 aromatic rings. The van der Waals surface area contributed by atoms with Crippen LogP contribution in [-0.2, 0) is 0 Å². The van der Waals surface area contributed by atoms with E-state index < -0.39 is 0 Å². The molecule has 0 spiro atoms. The molecule has 4 nitrogen and oxygen atoms in total. The molecular weight excluding hydrogens is 248 g/mol. The van der Waals surface area contributed by atoms with Crippen molar-refractivity contribution < 1.29 is 0 Å². The van der Waals surface area contributed by atoms with Crippen molar-refractivity contribution in [2.75, 3.05) is 32.1 Å². The highest BCUT2D eigenvalue weighted by molar-refractivity contribution is 5.79. The van der Waals surface area contributed by atoms with Crippen molar-refractivity contribution in [1.82, 2.24) is 15.3 Å². The Morgan fingerprint density at radius 3 is 2.25 bits per heavy atom. The van der Waals surface area contributed by atoms with Gasteiger partial charge in [-0.3, -0.25) is 0 Å². The van der Waals surface area contributed by atoms with Crippen LogP contribution in [0.15, 0.2) is 12.1 Å². The fourth-order valence-corrected chi connectivity index (χ4v) is 3.76. The maximum atomic E-state index is 4.81. The summed E-state index contributed by atoms with van der Waals surface area (Å²) in [4.78, 5) is 11.6. The summed E-state index contributed by atoms with van der Waals surface area (Å²) in [6, 6.07) is 4.56. The predicted molar refractivity (Wildman–Crippen MR) is 81.6 cm³/mol. The first-order valence-electron chi connectivity index (χ1n) is 7.33. The van der Waals surface area contributed by atoms with Gasteiger partial charge in [-0.1, -0.05) is 0 Å². The predicted octanol–water partition coefficient (Wildman–Crippen LogP) is 2.18. The number of benzene rings is 1. The quantitative estimate of drug-likeness (QED) is 0.860. The molecule has 0 saturated carbocycles. The minimum atomic E-state index is 0.666. The molecule has 1 saturated heterocycles. The molecule has 4 rings (SSSR count). The lowest BCUT2D eigenvalue weighted by Gasteiger charge is -2.19. The van der Waals surface area contributed by atoms with E-state index in [1.807, 2.05) is 25.9 Å². The Morgan fingerprint density at radius 1 is 1.05 bits per heavy atom. The molecule has 1 fully saturated rings. The number of hydrogen-bond acceptors (Lipinski definition) is 4. The van der Waals surface area contributed by atoms with E-state index in [2.05, 4.69) is 17.4 Å². The second kappa shape index (κ2) is 4.16. The van der Waals surface area contributed by atoms with Gasteiger partial charge in [-0.2, -0.15) is 0 Å². The zero-order valence-corrected chi connectivity index (χ0v) is 12.3. The molecule has 1 N–H and O–H groups in total. The SMILES string of the molecule is Cc1nc2cc3c(cc2nc1N(C)C)C1CNCC3C1. The maximum Gasteiger partial charge on any atom is 0.150 e. The summed E-state index contributed by atoms with van der Waals surface area (Å²) < 4.78 is 0. The minimum absolute atomic E-state index is 0.666. The number of aromatic nitrogens is 2. The number of hydrogen-bond donors (Lipinski definition) is 1. The molecule has 1 aromatic carbocycles. The van der Waals surface area contributed by atoms with E-state index in [1.54, 1.807) is 0 Å². The molecule has 2 bridgehead atoms. The Hall–Kier alpha value is -1.68. The summed E-state index contributed by atoms with van der Waals surface area (Å²) in [7, 11) is 4.04. The topological polar surface area (TPSA) is 41.1 Å². The summed E-state index contributed by atoms with van der Waals surface area (Å²) in [5.41, 5.74) is 6.07. The van der Waals surface area contributed by atoms with E-state index in [0.717, 1.165) is 35.6 Å². The van der Waals surface area contributed by atoms with Gasteiger partial charge in [0, 0.05) is 27.2 Å². The molecule has 1 aromatic heterocycles. The average Bonchev–Trinajstić information content (AvgIpc) is 2.67. The summed E-state index contributed by atoms with van der Waals surface area (Å²) in [5.74, 6) is 2.30. The molecule has 2 aliphatic rings. The summed E-state index contributed by atoms with van der Waals surface area (Å²) in [5, 5.41) is 3.54. The first-order valence-corrected chi connectivity index (χ1v) is 7.33. The van der Waals surface area contributed by atoms with Crippen molar-refractivity contribution in [3.05, 3.63) is 29.0 Å². The van der Waals surface area contributed by atoms with Crippen LogP contribution in [0, 0.1) is 6.92 Å². The highest BCUT2D eigenvalue weighted by Gasteiger charge is 2.34. The van der Waals surface area contributed by atoms with Crippen LogP contribution in [0.25, 0.3) is 11.0 Å². The third-order valence-corrected chi connectivity index (χ3v) is 4.67. The maximum absolute atomic E-state index is 4.81. The molecule has 1 aliphatic heterocycles. The van der Waals surface area contributed by atoms with Gasteiger partial charge >= 0.3 is 0 Å². The van der Waals surface area contributed by atoms with Gasteiger partial charge in [0.15, 0.2) is 0 Å². The molecule has 2 unspecified atom stereocenters. The van der Waals surface area contributed by atoms with Crippen molar-refractivity contribution in [3.8, 4) is 0 Å². The molecule has 20 heavy (non-hydrogen) atoms. The van der Waals surface area contributed by atoms with Crippen LogP contribution in [0.5, 0.6) is 0 Å². The van der Waals surface area contributed by atoms with Crippen molar-refractivity contribution in [3.63, 3.8) is 0 Å². The number of fused-ring (bicyclic) bond motifs is 6. The van der Waals surface area contributed by atoms with E-state index >= 15 is 0 Å². The summed E-state index contributed by atoms with van der Waals surface area (Å²) >= 11 is 0. The van der Waals surface area contributed by atoms with Gasteiger partial charge in [-0.15, -0.1) is 0 Å². The van der Waals surface area contributed by atoms with Crippen LogP contribution in [0.4, 0.5) is 5.82 Å². The van der Waals surface area contributed by atoms with Crippen LogP contribution in [-0.4, -0.2) is 37.2 Å². The number of rotatable bonds is 1. The van der Waals surface area contributed by atoms with Crippen molar-refractivity contribution >= 4 is 16.9 Å². The molecule has 2 heterocycles. The molecule has 1 aliphatic carbocycles. The zero-order valence-electron chi connectivity index (χ0n) is 12.3. The van der Waals surface area contributed by atoms with E-state index in [1.165, 1.54) is 17.5 Å². The van der Waals surface area contributed by atoms with Crippen LogP contribution >= 0.6 is 0 Å². The standard InChI is InChI=1S/C16H20N4/c1-9-16(20(2)3)19-15-6-13-11-4-10(7-17-8-11)12(13)5-14(15)18-9/h5-6,10-11,17H,4,7-8H2,1-3H3. The fraction of sp³-hybridized carbons (Fsp3) is 0.500. The lowest BCUT2D eigenvalue weighted by Crippen LogP contribution is -2.28. The second-order valence-electron chi connectivity index (χ2n) is 6.28. The van der Waals surface area contributed by atoms with Crippen LogP contribution < -0.4 is 10.2 Å². The lowest BCUT2D eigenvalue weighted by atomic mass is 9.98. The van der Waals surface area contributed by atoms with Crippen molar-refractivity contribution in [1.29, 1.82) is 0 Å². The van der Waals surface area contributed by atoms with Gasteiger partial charge in [0.1, 0.15) is 5.82 Å². The van der Waals surface area contributed by atoms with Crippen molar-refractivity contribution in [2.45, 2.75) is 25.2 Å². The van der Waals surface area contributed by atoms with E-state index in [9.17, 15) is 0 Å². The van der Waals surface area contributed by atoms with Gasteiger partial charge in [0.05, 0.1) is 16.7 Å². The largest absolute Gasteiger partial charge is 0.361 e. The van der Waals surface area contributed by atoms with Gasteiger partial charge in [0.2, 0.25) is 0 Å². The number of anilines is 1. The van der Waals surface area contributed by atoms with E-state index in [0.29, 0.717) is 11.8 Å². The minimum Gasteiger partial charge on any atom is -0.361 e. The molecule has 0 radical (unpaired) electrons. The van der Waals surface area contributed by atoms with Crippen LogP contribution in [0.2, 0.25) is 0 Å². The van der Waals surface area contributed by atoms with Gasteiger partial charge < -0.3 is 10.2 Å². The third-order valence-electron chi connectivity index (χ3n) is 4.67. The van der Waals surface area contributed by atoms with Gasteiger partial charge in [-0.25, -0.2) is 9.97 Å². The highest BCUT2D eigenvalue weighted by atomic mass is 15.1. The molecule has 104 valence electrons. The number of piperidine rings is 1. The lowest BCUT2D eigenvalue weighted by molar-refractivity contribution is 0.454. The van der Waals surface area contributed by atoms with Crippen molar-refractivity contribution in [2.24, 2.45) is 0 Å². The Kier molecular flexibility index (Phi) is 2.51. The molecular formula is C16H20N4. The summed E-state index contributed by atoms with van der Waals surface area (Å²) in [6.07, 6.45) is 1.29. The Morgan fingerprint density at radius 2 is 1.65 bits per heavy atom. The van der Waals surface area contributed by atoms with Crippen LogP contribution in [0.3, 0.4) is 0 Å². The Balaban J connectivity index is 1.94. The van der Waals surface area contributed by atoms with E-state index in [-0.39, 0.29) is 0 Å².